The van der Waals surface area contributed by atoms with Crippen LogP contribution in [0.1, 0.15) is 24.2 Å². The van der Waals surface area contributed by atoms with E-state index >= 15 is 0 Å². The lowest BCUT2D eigenvalue weighted by Gasteiger charge is -2.04. The molecule has 0 saturated heterocycles. The molecule has 0 radical (unpaired) electrons. The highest BCUT2D eigenvalue weighted by atomic mass is 16.3. The van der Waals surface area contributed by atoms with Gasteiger partial charge in [-0.3, -0.25) is 4.79 Å². The van der Waals surface area contributed by atoms with Crippen LogP contribution in [0.4, 0.5) is 0 Å². The van der Waals surface area contributed by atoms with Crippen molar-refractivity contribution in [2.75, 3.05) is 0 Å². The zero-order valence-corrected chi connectivity index (χ0v) is 7.48. The molecular formula is C9H11NO3. The van der Waals surface area contributed by atoms with E-state index < -0.39 is 5.88 Å². The number of aromatic hydroxyl groups is 2. The smallest absolute Gasteiger partial charge is 0.254 e. The molecule has 1 aromatic heterocycles. The molecular weight excluding hydrogens is 170 g/mol. The van der Waals surface area contributed by atoms with Crippen LogP contribution >= 0.6 is 0 Å². The summed E-state index contributed by atoms with van der Waals surface area (Å²) in [5.74, 6) is -1.08. The summed E-state index contributed by atoms with van der Waals surface area (Å²) in [7, 11) is 0. The number of carbonyl (C=O) groups excluding carboxylic acids is 1. The number of hydrogen-bond acceptors (Lipinski definition) is 4. The van der Waals surface area contributed by atoms with Gasteiger partial charge in [0.1, 0.15) is 0 Å². The maximum absolute atomic E-state index is 11.4. The van der Waals surface area contributed by atoms with Crippen LogP contribution in [0.5, 0.6) is 11.6 Å². The third-order valence-corrected chi connectivity index (χ3v) is 1.66. The molecule has 0 saturated carbocycles. The summed E-state index contributed by atoms with van der Waals surface area (Å²) >= 11 is 0. The Hall–Kier alpha value is -1.58. The zero-order valence-electron chi connectivity index (χ0n) is 7.48. The molecule has 70 valence electrons. The minimum Gasteiger partial charge on any atom is -0.503 e. The molecule has 0 fully saturated rings. The van der Waals surface area contributed by atoms with Crippen molar-refractivity contribution in [2.24, 2.45) is 5.92 Å². The fourth-order valence-corrected chi connectivity index (χ4v) is 0.914. The molecule has 0 aliphatic rings. The zero-order chi connectivity index (χ0) is 10.0. The quantitative estimate of drug-likeness (QED) is 0.675. The van der Waals surface area contributed by atoms with Crippen LogP contribution in [0.25, 0.3) is 0 Å². The summed E-state index contributed by atoms with van der Waals surface area (Å²) < 4.78 is 0. The van der Waals surface area contributed by atoms with E-state index in [0.29, 0.717) is 5.56 Å². The predicted molar refractivity (Wildman–Crippen MR) is 46.7 cm³/mol. The normalized spacial score (nSPS) is 10.4. The summed E-state index contributed by atoms with van der Waals surface area (Å²) in [5.41, 5.74) is 0.310. The van der Waals surface area contributed by atoms with Gasteiger partial charge in [0.15, 0.2) is 11.5 Å². The Morgan fingerprint density at radius 3 is 2.54 bits per heavy atom. The lowest BCUT2D eigenvalue weighted by molar-refractivity contribution is 0.0938. The van der Waals surface area contributed by atoms with Crippen molar-refractivity contribution in [3.63, 3.8) is 0 Å². The van der Waals surface area contributed by atoms with Gasteiger partial charge in [-0.1, -0.05) is 13.8 Å². The molecule has 0 atom stereocenters. The Balaban J connectivity index is 3.04. The molecule has 2 N–H and O–H groups in total. The number of rotatable bonds is 2. The first-order valence-electron chi connectivity index (χ1n) is 3.94. The highest BCUT2D eigenvalue weighted by Crippen LogP contribution is 2.22. The number of nitrogens with zero attached hydrogens (tertiary/aromatic N) is 1. The Bertz CT molecular complexity index is 334. The van der Waals surface area contributed by atoms with Gasteiger partial charge in [0, 0.05) is 17.7 Å². The molecule has 0 aromatic carbocycles. The summed E-state index contributed by atoms with van der Waals surface area (Å²) in [6.07, 6.45) is 1.25. The number of carbonyl (C=O) groups is 1. The van der Waals surface area contributed by atoms with Crippen molar-refractivity contribution < 1.29 is 15.0 Å². The fourth-order valence-electron chi connectivity index (χ4n) is 0.914. The second-order valence-electron chi connectivity index (χ2n) is 3.09. The number of Topliss-reactive ketones (excluding diaryl/α,β-unsaturated/α-hetero) is 1. The minimum atomic E-state index is -0.458. The summed E-state index contributed by atoms with van der Waals surface area (Å²) in [4.78, 5) is 14.8. The summed E-state index contributed by atoms with van der Waals surface area (Å²) in [5, 5.41) is 18.0. The van der Waals surface area contributed by atoms with Crippen LogP contribution in [0.15, 0.2) is 12.3 Å². The summed E-state index contributed by atoms with van der Waals surface area (Å²) in [6.45, 7) is 3.51. The van der Waals surface area contributed by atoms with Gasteiger partial charge in [0.25, 0.3) is 5.88 Å². The van der Waals surface area contributed by atoms with Crippen molar-refractivity contribution in [3.05, 3.63) is 17.8 Å². The highest BCUT2D eigenvalue weighted by molar-refractivity contribution is 5.97. The van der Waals surface area contributed by atoms with Crippen LogP contribution < -0.4 is 0 Å². The average Bonchev–Trinajstić information content (AvgIpc) is 2.08. The third kappa shape index (κ3) is 1.96. The van der Waals surface area contributed by atoms with E-state index in [-0.39, 0.29) is 17.5 Å². The first-order valence-corrected chi connectivity index (χ1v) is 3.94. The van der Waals surface area contributed by atoms with Gasteiger partial charge in [-0.2, -0.15) is 0 Å². The number of hydrogen-bond donors (Lipinski definition) is 2. The minimum absolute atomic E-state index is 0.109. The molecule has 1 heterocycles. The molecule has 0 unspecified atom stereocenters. The second kappa shape index (κ2) is 3.43. The molecule has 4 nitrogen and oxygen atoms in total. The van der Waals surface area contributed by atoms with E-state index in [1.165, 1.54) is 12.3 Å². The van der Waals surface area contributed by atoms with Gasteiger partial charge in [0.2, 0.25) is 0 Å². The van der Waals surface area contributed by atoms with Gasteiger partial charge >= 0.3 is 0 Å². The number of pyridine rings is 1. The Morgan fingerprint density at radius 1 is 1.46 bits per heavy atom. The topological polar surface area (TPSA) is 70.4 Å². The van der Waals surface area contributed by atoms with Crippen LogP contribution in [-0.4, -0.2) is 21.0 Å². The SMILES string of the molecule is CC(C)C(=O)c1cnc(O)c(O)c1. The molecule has 0 bridgehead atoms. The number of ketones is 1. The van der Waals surface area contributed by atoms with Gasteiger partial charge in [-0.15, -0.1) is 0 Å². The predicted octanol–water partition coefficient (Wildman–Crippen LogP) is 1.33. The lowest BCUT2D eigenvalue weighted by Crippen LogP contribution is -2.07. The van der Waals surface area contributed by atoms with Crippen LogP contribution in [0.3, 0.4) is 0 Å². The van der Waals surface area contributed by atoms with E-state index in [0.717, 1.165) is 0 Å². The van der Waals surface area contributed by atoms with Crippen molar-refractivity contribution in [3.8, 4) is 11.6 Å². The molecule has 13 heavy (non-hydrogen) atoms. The van der Waals surface area contributed by atoms with E-state index in [4.69, 9.17) is 10.2 Å². The monoisotopic (exact) mass is 181 g/mol. The van der Waals surface area contributed by atoms with E-state index in [1.807, 2.05) is 0 Å². The first kappa shape index (κ1) is 9.51. The maximum atomic E-state index is 11.4. The van der Waals surface area contributed by atoms with Gasteiger partial charge < -0.3 is 10.2 Å². The molecule has 1 rings (SSSR count). The Kier molecular flexibility index (Phi) is 2.51. The van der Waals surface area contributed by atoms with Crippen LogP contribution in [-0.2, 0) is 0 Å². The molecule has 0 aliphatic heterocycles. The van der Waals surface area contributed by atoms with Crippen molar-refractivity contribution in [2.45, 2.75) is 13.8 Å². The molecule has 4 heteroatoms. The lowest BCUT2D eigenvalue weighted by atomic mass is 10.0. The largest absolute Gasteiger partial charge is 0.503 e. The van der Waals surface area contributed by atoms with E-state index in [9.17, 15) is 4.79 Å². The maximum Gasteiger partial charge on any atom is 0.254 e. The van der Waals surface area contributed by atoms with Crippen molar-refractivity contribution >= 4 is 5.78 Å². The van der Waals surface area contributed by atoms with Crippen LogP contribution in [0, 0.1) is 5.92 Å². The summed E-state index contributed by atoms with van der Waals surface area (Å²) in [6, 6.07) is 1.21. The standard InChI is InChI=1S/C9H11NO3/c1-5(2)8(12)6-3-7(11)9(13)10-4-6/h3-5,11H,1-2H3,(H,10,13). The first-order chi connectivity index (χ1) is 6.02. The van der Waals surface area contributed by atoms with Crippen molar-refractivity contribution in [1.29, 1.82) is 0 Å². The van der Waals surface area contributed by atoms with Crippen molar-refractivity contribution in [1.82, 2.24) is 4.98 Å². The van der Waals surface area contributed by atoms with Gasteiger partial charge in [-0.05, 0) is 6.07 Å². The number of aromatic nitrogens is 1. The second-order valence-corrected chi connectivity index (χ2v) is 3.09. The third-order valence-electron chi connectivity index (χ3n) is 1.66. The molecule has 0 aliphatic carbocycles. The van der Waals surface area contributed by atoms with E-state index in [1.54, 1.807) is 13.8 Å². The van der Waals surface area contributed by atoms with Gasteiger partial charge in [0.05, 0.1) is 0 Å². The molecule has 0 amide bonds. The average molecular weight is 181 g/mol. The Labute approximate surface area is 75.9 Å². The fraction of sp³-hybridized carbons (Fsp3) is 0.333. The molecule has 0 spiro atoms. The van der Waals surface area contributed by atoms with Crippen LogP contribution in [0.2, 0.25) is 0 Å². The van der Waals surface area contributed by atoms with Gasteiger partial charge in [-0.25, -0.2) is 4.98 Å². The highest BCUT2D eigenvalue weighted by Gasteiger charge is 2.12. The van der Waals surface area contributed by atoms with E-state index in [2.05, 4.69) is 4.98 Å². The Morgan fingerprint density at radius 2 is 2.08 bits per heavy atom. The molecule has 1 aromatic rings.